The van der Waals surface area contributed by atoms with Crippen LogP contribution in [0.4, 0.5) is 0 Å². The van der Waals surface area contributed by atoms with Crippen molar-refractivity contribution < 1.29 is 19.1 Å². The van der Waals surface area contributed by atoms with E-state index >= 15 is 0 Å². The van der Waals surface area contributed by atoms with Gasteiger partial charge in [0.2, 0.25) is 0 Å². The maximum Gasteiger partial charge on any atom is 0.325 e. The molecule has 0 aliphatic heterocycles. The molecular weight excluding hydrogens is 296 g/mol. The van der Waals surface area contributed by atoms with Gasteiger partial charge in [-0.3, -0.25) is 14.4 Å². The number of amides is 2. The van der Waals surface area contributed by atoms with Crippen molar-refractivity contribution >= 4 is 17.8 Å². The van der Waals surface area contributed by atoms with Gasteiger partial charge in [0.25, 0.3) is 11.8 Å². The van der Waals surface area contributed by atoms with Crippen molar-refractivity contribution in [3.63, 3.8) is 0 Å². The van der Waals surface area contributed by atoms with Crippen LogP contribution in [0.5, 0.6) is 0 Å². The number of nitrogens with one attached hydrogen (secondary N) is 2. The summed E-state index contributed by atoms with van der Waals surface area (Å²) in [6, 6.07) is 7.08. The van der Waals surface area contributed by atoms with Crippen LogP contribution >= 0.6 is 0 Å². The van der Waals surface area contributed by atoms with E-state index in [9.17, 15) is 14.4 Å². The summed E-state index contributed by atoms with van der Waals surface area (Å²) < 4.78 is 4.83. The quantitative estimate of drug-likeness (QED) is 0.712. The molecule has 0 saturated heterocycles. The third-order valence-corrected chi connectivity index (χ3v) is 3.17. The van der Waals surface area contributed by atoms with Crippen LogP contribution in [0.2, 0.25) is 0 Å². The average Bonchev–Trinajstić information content (AvgIpc) is 2.50. The van der Waals surface area contributed by atoms with Gasteiger partial charge in [-0.1, -0.05) is 31.0 Å². The summed E-state index contributed by atoms with van der Waals surface area (Å²) in [6.07, 6.45) is 1.83. The summed E-state index contributed by atoms with van der Waals surface area (Å²) >= 11 is 0. The number of aryl methyl sites for hydroxylation is 1. The van der Waals surface area contributed by atoms with E-state index in [0.29, 0.717) is 5.56 Å². The Morgan fingerprint density at radius 1 is 1.26 bits per heavy atom. The molecule has 0 spiro atoms. The second-order valence-electron chi connectivity index (χ2n) is 5.47. The molecule has 0 unspecified atom stereocenters. The van der Waals surface area contributed by atoms with Crippen molar-refractivity contribution in [1.82, 2.24) is 10.6 Å². The highest BCUT2D eigenvalue weighted by molar-refractivity contribution is 5.96. The third-order valence-electron chi connectivity index (χ3n) is 3.17. The fourth-order valence-electron chi connectivity index (χ4n) is 2.06. The molecule has 2 amide bonds. The van der Waals surface area contributed by atoms with Gasteiger partial charge in [0.05, 0.1) is 0 Å². The van der Waals surface area contributed by atoms with E-state index in [-0.39, 0.29) is 31.0 Å². The Morgan fingerprint density at radius 2 is 2.00 bits per heavy atom. The molecule has 6 nitrogen and oxygen atoms in total. The first-order valence-corrected chi connectivity index (χ1v) is 7.72. The van der Waals surface area contributed by atoms with Crippen LogP contribution in [-0.2, 0) is 14.3 Å². The molecule has 1 aromatic rings. The Kier molecular flexibility index (Phi) is 7.80. The number of benzene rings is 1. The minimum atomic E-state index is -0.649. The van der Waals surface area contributed by atoms with Crippen molar-refractivity contribution in [2.24, 2.45) is 0 Å². The van der Waals surface area contributed by atoms with Gasteiger partial charge in [-0.15, -0.1) is 0 Å². The largest absolute Gasteiger partial charge is 0.454 e. The Labute approximate surface area is 136 Å². The number of hydrogen-bond acceptors (Lipinski definition) is 4. The van der Waals surface area contributed by atoms with E-state index in [4.69, 9.17) is 4.74 Å². The first-order valence-electron chi connectivity index (χ1n) is 7.72. The fourth-order valence-corrected chi connectivity index (χ4v) is 2.06. The Balaban J connectivity index is 2.29. The lowest BCUT2D eigenvalue weighted by molar-refractivity contribution is -0.147. The molecule has 0 aliphatic rings. The lowest BCUT2D eigenvalue weighted by Gasteiger charge is -2.12. The lowest BCUT2D eigenvalue weighted by Crippen LogP contribution is -2.37. The Bertz CT molecular complexity index is 557. The van der Waals surface area contributed by atoms with Gasteiger partial charge < -0.3 is 15.4 Å². The predicted octanol–water partition coefficient (Wildman–Crippen LogP) is 1.57. The number of rotatable bonds is 8. The molecule has 2 N–H and O–H groups in total. The van der Waals surface area contributed by atoms with Crippen LogP contribution in [0.25, 0.3) is 0 Å². The van der Waals surface area contributed by atoms with Gasteiger partial charge in [-0.25, -0.2) is 0 Å². The van der Waals surface area contributed by atoms with Gasteiger partial charge >= 0.3 is 5.97 Å². The number of carbonyl (C=O) groups is 3. The van der Waals surface area contributed by atoms with Gasteiger partial charge in [-0.05, 0) is 32.4 Å². The molecule has 0 bridgehead atoms. The topological polar surface area (TPSA) is 84.5 Å². The molecule has 1 rings (SSSR count). The van der Waals surface area contributed by atoms with Gasteiger partial charge in [0.15, 0.2) is 6.61 Å². The second kappa shape index (κ2) is 9.61. The summed E-state index contributed by atoms with van der Waals surface area (Å²) in [7, 11) is 0. The van der Waals surface area contributed by atoms with E-state index in [1.54, 1.807) is 18.2 Å². The summed E-state index contributed by atoms with van der Waals surface area (Å²) in [5, 5.41) is 5.20. The molecule has 1 aromatic carbocycles. The molecule has 6 heteroatoms. The minimum Gasteiger partial charge on any atom is -0.454 e. The molecule has 0 aliphatic carbocycles. The zero-order valence-electron chi connectivity index (χ0n) is 13.8. The van der Waals surface area contributed by atoms with Crippen LogP contribution in [0.15, 0.2) is 24.3 Å². The third kappa shape index (κ3) is 7.44. The molecule has 0 heterocycles. The van der Waals surface area contributed by atoms with Gasteiger partial charge in [0, 0.05) is 11.6 Å². The minimum absolute atomic E-state index is 0.0484. The van der Waals surface area contributed by atoms with Crippen molar-refractivity contribution in [2.75, 3.05) is 13.2 Å². The van der Waals surface area contributed by atoms with Crippen LogP contribution in [0.3, 0.4) is 0 Å². The molecule has 0 aromatic heterocycles. The van der Waals surface area contributed by atoms with E-state index in [1.807, 2.05) is 26.8 Å². The summed E-state index contributed by atoms with van der Waals surface area (Å²) in [5.74, 6) is -1.35. The first kappa shape index (κ1) is 18.7. The molecule has 0 fully saturated rings. The van der Waals surface area contributed by atoms with Crippen LogP contribution in [-0.4, -0.2) is 37.0 Å². The summed E-state index contributed by atoms with van der Waals surface area (Å²) in [4.78, 5) is 35.0. The van der Waals surface area contributed by atoms with Gasteiger partial charge in [-0.2, -0.15) is 0 Å². The van der Waals surface area contributed by atoms with E-state index in [0.717, 1.165) is 18.4 Å². The number of carbonyl (C=O) groups excluding carboxylic acids is 3. The monoisotopic (exact) mass is 320 g/mol. The van der Waals surface area contributed by atoms with E-state index in [1.165, 1.54) is 0 Å². The number of hydrogen-bond donors (Lipinski definition) is 2. The standard InChI is InChI=1S/C17H24N2O4/c1-4-6-13(3)19-15(20)11-23-16(21)10-18-17(22)14-8-5-7-12(2)9-14/h5,7-9,13H,4,6,10-11H2,1-3H3,(H,18,22)(H,19,20)/t13-/m0/s1. The summed E-state index contributed by atoms with van der Waals surface area (Å²) in [6.45, 7) is 5.19. The van der Waals surface area contributed by atoms with E-state index < -0.39 is 5.97 Å². The molecule has 23 heavy (non-hydrogen) atoms. The molecule has 126 valence electrons. The normalized spacial score (nSPS) is 11.4. The Morgan fingerprint density at radius 3 is 2.65 bits per heavy atom. The fraction of sp³-hybridized carbons (Fsp3) is 0.471. The maximum atomic E-state index is 11.9. The van der Waals surface area contributed by atoms with Crippen molar-refractivity contribution in [3.8, 4) is 0 Å². The highest BCUT2D eigenvalue weighted by Crippen LogP contribution is 2.03. The number of esters is 1. The SMILES string of the molecule is CCC[C@H](C)NC(=O)COC(=O)CNC(=O)c1cccc(C)c1. The lowest BCUT2D eigenvalue weighted by atomic mass is 10.1. The maximum absolute atomic E-state index is 11.9. The average molecular weight is 320 g/mol. The van der Waals surface area contributed by atoms with Crippen molar-refractivity contribution in [3.05, 3.63) is 35.4 Å². The zero-order chi connectivity index (χ0) is 17.2. The molecule has 0 saturated carbocycles. The second-order valence-corrected chi connectivity index (χ2v) is 5.47. The first-order chi connectivity index (χ1) is 10.9. The van der Waals surface area contributed by atoms with Crippen LogP contribution < -0.4 is 10.6 Å². The van der Waals surface area contributed by atoms with Crippen LogP contribution in [0.1, 0.15) is 42.6 Å². The molecule has 1 atom stereocenters. The number of ether oxygens (including phenoxy) is 1. The molecular formula is C17H24N2O4. The van der Waals surface area contributed by atoms with Gasteiger partial charge in [0.1, 0.15) is 6.54 Å². The predicted molar refractivity (Wildman–Crippen MR) is 87.0 cm³/mol. The van der Waals surface area contributed by atoms with Crippen LogP contribution in [0, 0.1) is 6.92 Å². The summed E-state index contributed by atoms with van der Waals surface area (Å²) in [5.41, 5.74) is 1.43. The highest BCUT2D eigenvalue weighted by atomic mass is 16.5. The van der Waals surface area contributed by atoms with Crippen molar-refractivity contribution in [2.45, 2.75) is 39.7 Å². The Hall–Kier alpha value is -2.37. The molecule has 0 radical (unpaired) electrons. The van der Waals surface area contributed by atoms with Crippen molar-refractivity contribution in [1.29, 1.82) is 0 Å². The zero-order valence-corrected chi connectivity index (χ0v) is 13.8. The smallest absolute Gasteiger partial charge is 0.325 e. The van der Waals surface area contributed by atoms with E-state index in [2.05, 4.69) is 10.6 Å². The highest BCUT2D eigenvalue weighted by Gasteiger charge is 2.12.